The van der Waals surface area contributed by atoms with Crippen LogP contribution in [0.25, 0.3) is 0 Å². The molecule has 2 aromatic rings. The summed E-state index contributed by atoms with van der Waals surface area (Å²) in [5.74, 6) is 0.286. The predicted octanol–water partition coefficient (Wildman–Crippen LogP) is 4.82. The van der Waals surface area contributed by atoms with E-state index < -0.39 is 0 Å². The first-order valence-electron chi connectivity index (χ1n) is 6.31. The van der Waals surface area contributed by atoms with E-state index in [1.54, 1.807) is 12.1 Å². The summed E-state index contributed by atoms with van der Waals surface area (Å²) >= 11 is 11.2. The van der Waals surface area contributed by atoms with Gasteiger partial charge in [-0.15, -0.1) is 0 Å². The second-order valence-electron chi connectivity index (χ2n) is 5.71. The first-order valence-corrected chi connectivity index (χ1v) is 7.09. The number of rotatable bonds is 2. The highest BCUT2D eigenvalue weighted by molar-refractivity contribution is 7.71. The molecule has 1 aromatic heterocycles. The van der Waals surface area contributed by atoms with E-state index in [1.807, 2.05) is 6.07 Å². The Kier molecular flexibility index (Phi) is 4.25. The lowest BCUT2D eigenvalue weighted by Gasteiger charge is -2.19. The van der Waals surface area contributed by atoms with Crippen molar-refractivity contribution in [1.29, 1.82) is 0 Å². The van der Waals surface area contributed by atoms with Crippen LogP contribution < -0.4 is 0 Å². The van der Waals surface area contributed by atoms with Gasteiger partial charge < -0.3 is 4.98 Å². The van der Waals surface area contributed by atoms with Gasteiger partial charge in [0.2, 0.25) is 0 Å². The maximum absolute atomic E-state index is 13.8. The lowest BCUT2D eigenvalue weighted by Crippen LogP contribution is -2.15. The Morgan fingerprint density at radius 1 is 1.35 bits per heavy atom. The molecule has 0 spiro atoms. The molecule has 0 bridgehead atoms. The van der Waals surface area contributed by atoms with Crippen LogP contribution in [0.2, 0.25) is 5.02 Å². The monoisotopic (exact) mass is 310 g/mol. The fourth-order valence-electron chi connectivity index (χ4n) is 1.86. The van der Waals surface area contributed by atoms with Crippen LogP contribution in [0.15, 0.2) is 24.3 Å². The van der Waals surface area contributed by atoms with Gasteiger partial charge in [0.25, 0.3) is 0 Å². The molecule has 0 atom stereocenters. The number of nitrogens with one attached hydrogen (secondary N) is 1. The molecular weight excluding hydrogens is 295 g/mol. The molecule has 0 radical (unpaired) electrons. The van der Waals surface area contributed by atoms with Crippen molar-refractivity contribution in [2.75, 3.05) is 0 Å². The minimum Gasteiger partial charge on any atom is -0.346 e. The number of nitrogens with zero attached hydrogens (tertiary/aromatic N) is 1. The molecule has 2 rings (SSSR count). The molecule has 5 heteroatoms. The van der Waals surface area contributed by atoms with E-state index in [0.29, 0.717) is 27.5 Å². The second kappa shape index (κ2) is 5.62. The van der Waals surface area contributed by atoms with Crippen molar-refractivity contribution in [3.63, 3.8) is 0 Å². The van der Waals surface area contributed by atoms with E-state index in [2.05, 4.69) is 30.7 Å². The minimum atomic E-state index is -0.334. The number of aromatic nitrogens is 2. The average molecular weight is 311 g/mol. The lowest BCUT2D eigenvalue weighted by atomic mass is 9.92. The van der Waals surface area contributed by atoms with Crippen molar-refractivity contribution in [1.82, 2.24) is 9.97 Å². The zero-order valence-electron chi connectivity index (χ0n) is 11.6. The average Bonchev–Trinajstić information content (AvgIpc) is 2.32. The van der Waals surface area contributed by atoms with E-state index in [4.69, 9.17) is 23.8 Å². The summed E-state index contributed by atoms with van der Waals surface area (Å²) in [4.78, 5) is 7.48. The maximum atomic E-state index is 13.8. The number of H-pyrrole nitrogens is 1. The largest absolute Gasteiger partial charge is 0.346 e. The van der Waals surface area contributed by atoms with E-state index in [0.717, 1.165) is 5.69 Å². The summed E-state index contributed by atoms with van der Waals surface area (Å²) < 4.78 is 14.3. The molecule has 0 unspecified atom stereocenters. The highest BCUT2D eigenvalue weighted by atomic mass is 35.5. The first kappa shape index (κ1) is 15.1. The normalized spacial score (nSPS) is 11.7. The fraction of sp³-hybridized carbons (Fsp3) is 0.333. The van der Waals surface area contributed by atoms with Crippen molar-refractivity contribution >= 4 is 23.8 Å². The highest BCUT2D eigenvalue weighted by Gasteiger charge is 2.16. The van der Waals surface area contributed by atoms with Crippen LogP contribution in [0, 0.1) is 10.5 Å². The van der Waals surface area contributed by atoms with Gasteiger partial charge in [-0.3, -0.25) is 0 Å². The number of hydrogen-bond donors (Lipinski definition) is 1. The fourth-order valence-corrected chi connectivity index (χ4v) is 2.32. The van der Waals surface area contributed by atoms with Crippen LogP contribution in [0.3, 0.4) is 0 Å². The summed E-state index contributed by atoms with van der Waals surface area (Å²) in [5, 5.41) is 0.396. The Hall–Kier alpha value is -1.26. The second-order valence-corrected chi connectivity index (χ2v) is 6.53. The summed E-state index contributed by atoms with van der Waals surface area (Å²) in [6, 6.07) is 6.48. The molecule has 0 saturated heterocycles. The van der Waals surface area contributed by atoms with Gasteiger partial charge in [0.1, 0.15) is 16.3 Å². The minimum absolute atomic E-state index is 0.0791. The molecule has 0 aliphatic carbocycles. The van der Waals surface area contributed by atoms with Crippen molar-refractivity contribution in [3.8, 4) is 0 Å². The van der Waals surface area contributed by atoms with Crippen molar-refractivity contribution < 1.29 is 4.39 Å². The predicted molar refractivity (Wildman–Crippen MR) is 82.3 cm³/mol. The quantitative estimate of drug-likeness (QED) is 0.806. The van der Waals surface area contributed by atoms with Crippen LogP contribution in [0.5, 0.6) is 0 Å². The van der Waals surface area contributed by atoms with Crippen molar-refractivity contribution in [3.05, 3.63) is 56.8 Å². The van der Waals surface area contributed by atoms with Gasteiger partial charge in [-0.25, -0.2) is 9.37 Å². The maximum Gasteiger partial charge on any atom is 0.130 e. The molecule has 2 nitrogen and oxygen atoms in total. The number of hydrogen-bond acceptors (Lipinski definition) is 2. The molecule has 0 saturated carbocycles. The summed E-state index contributed by atoms with van der Waals surface area (Å²) in [7, 11) is 0. The number of aromatic amines is 1. The molecule has 20 heavy (non-hydrogen) atoms. The number of benzene rings is 1. The van der Waals surface area contributed by atoms with Crippen LogP contribution in [-0.4, -0.2) is 9.97 Å². The van der Waals surface area contributed by atoms with Crippen LogP contribution in [0.1, 0.15) is 37.9 Å². The Labute approximate surface area is 128 Å². The van der Waals surface area contributed by atoms with Gasteiger partial charge in [0.05, 0.1) is 0 Å². The van der Waals surface area contributed by atoms with Gasteiger partial charge in [-0.05, 0) is 18.2 Å². The van der Waals surface area contributed by atoms with Gasteiger partial charge in [-0.1, -0.05) is 50.7 Å². The SMILES string of the molecule is CC(C)(C)c1cc(=S)nc(Cc2c(F)cccc2Cl)[nH]1. The Bertz CT molecular complexity index is 669. The lowest BCUT2D eigenvalue weighted by molar-refractivity contribution is 0.561. The molecule has 0 fully saturated rings. The third kappa shape index (κ3) is 3.44. The number of halogens is 2. The van der Waals surface area contributed by atoms with Crippen molar-refractivity contribution in [2.24, 2.45) is 0 Å². The van der Waals surface area contributed by atoms with Gasteiger partial charge in [-0.2, -0.15) is 0 Å². The zero-order valence-corrected chi connectivity index (χ0v) is 13.2. The molecule has 1 heterocycles. The van der Waals surface area contributed by atoms with Crippen LogP contribution in [0.4, 0.5) is 4.39 Å². The molecule has 0 amide bonds. The van der Waals surface area contributed by atoms with E-state index in [-0.39, 0.29) is 11.2 Å². The van der Waals surface area contributed by atoms with Crippen LogP contribution >= 0.6 is 23.8 Å². The van der Waals surface area contributed by atoms with Crippen LogP contribution in [-0.2, 0) is 11.8 Å². The zero-order chi connectivity index (χ0) is 14.9. The molecule has 0 aliphatic rings. The molecule has 0 aliphatic heterocycles. The molecule has 1 N–H and O–H groups in total. The summed E-state index contributed by atoms with van der Waals surface area (Å²) in [5.41, 5.74) is 1.32. The van der Waals surface area contributed by atoms with E-state index >= 15 is 0 Å². The summed E-state index contributed by atoms with van der Waals surface area (Å²) in [6.45, 7) is 6.23. The van der Waals surface area contributed by atoms with E-state index in [9.17, 15) is 4.39 Å². The standard InChI is InChI=1S/C15H16ClFN2S/c1-15(2,3)12-8-14(20)19-13(18-12)7-9-10(16)5-4-6-11(9)17/h4-6,8H,7H2,1-3H3,(H,18,19,20). The summed E-state index contributed by atoms with van der Waals surface area (Å²) in [6.07, 6.45) is 0.291. The Balaban J connectivity index is 2.45. The third-order valence-electron chi connectivity index (χ3n) is 3.01. The van der Waals surface area contributed by atoms with Gasteiger partial charge >= 0.3 is 0 Å². The smallest absolute Gasteiger partial charge is 0.130 e. The highest BCUT2D eigenvalue weighted by Crippen LogP contribution is 2.23. The van der Waals surface area contributed by atoms with Crippen molar-refractivity contribution in [2.45, 2.75) is 32.6 Å². The molecule has 1 aromatic carbocycles. The van der Waals surface area contributed by atoms with Gasteiger partial charge in [0, 0.05) is 28.1 Å². The van der Waals surface area contributed by atoms with Gasteiger partial charge in [0.15, 0.2) is 0 Å². The van der Waals surface area contributed by atoms with E-state index in [1.165, 1.54) is 6.07 Å². The topological polar surface area (TPSA) is 28.7 Å². The molecular formula is C15H16ClFN2S. The first-order chi connectivity index (χ1) is 9.27. The molecule has 106 valence electrons. The Morgan fingerprint density at radius 2 is 2.05 bits per heavy atom. The Morgan fingerprint density at radius 3 is 2.65 bits per heavy atom. The third-order valence-corrected chi connectivity index (χ3v) is 3.57.